The molecule has 0 unspecified atom stereocenters. The van der Waals surface area contributed by atoms with E-state index in [9.17, 15) is 9.59 Å². The molecule has 0 heterocycles. The molecule has 0 atom stereocenters. The van der Waals surface area contributed by atoms with E-state index in [4.69, 9.17) is 4.74 Å². The predicted octanol–water partition coefficient (Wildman–Crippen LogP) is 2.52. The van der Waals surface area contributed by atoms with Crippen LogP contribution in [0.3, 0.4) is 0 Å². The summed E-state index contributed by atoms with van der Waals surface area (Å²) >= 11 is 0. The van der Waals surface area contributed by atoms with E-state index < -0.39 is 0 Å². The molecule has 0 bridgehead atoms. The molecule has 0 aliphatic rings. The molecule has 0 saturated carbocycles. The molecule has 4 heteroatoms. The number of ether oxygens (including phenoxy) is 1. The summed E-state index contributed by atoms with van der Waals surface area (Å²) in [5.74, 6) is 0.367. The number of hydrogen-bond donors (Lipinski definition) is 1. The highest BCUT2D eigenvalue weighted by atomic mass is 16.5. The summed E-state index contributed by atoms with van der Waals surface area (Å²) in [5, 5.41) is 2.66. The number of anilines is 1. The standard InChI is InChI=1S/C15H13NO3/c17-10-12-5-4-6-13(9-12)16-15(18)11-19-14-7-2-1-3-8-14/h1-10H,11H2,(H,16,18). The van der Waals surface area contributed by atoms with Gasteiger partial charge in [0.25, 0.3) is 5.91 Å². The molecule has 0 saturated heterocycles. The van der Waals surface area contributed by atoms with Crippen LogP contribution in [0.15, 0.2) is 54.6 Å². The Kier molecular flexibility index (Phi) is 4.29. The molecule has 19 heavy (non-hydrogen) atoms. The highest BCUT2D eigenvalue weighted by Gasteiger charge is 2.03. The summed E-state index contributed by atoms with van der Waals surface area (Å²) in [7, 11) is 0. The third kappa shape index (κ3) is 3.96. The summed E-state index contributed by atoms with van der Waals surface area (Å²) in [5.41, 5.74) is 1.09. The van der Waals surface area contributed by atoms with Gasteiger partial charge in [0, 0.05) is 11.3 Å². The smallest absolute Gasteiger partial charge is 0.262 e. The Labute approximate surface area is 111 Å². The van der Waals surface area contributed by atoms with E-state index in [1.54, 1.807) is 36.4 Å². The van der Waals surface area contributed by atoms with Crippen LogP contribution in [-0.4, -0.2) is 18.8 Å². The van der Waals surface area contributed by atoms with Gasteiger partial charge in [-0.25, -0.2) is 0 Å². The summed E-state index contributed by atoms with van der Waals surface area (Å²) in [6, 6.07) is 15.8. The minimum Gasteiger partial charge on any atom is -0.484 e. The number of rotatable bonds is 5. The molecular weight excluding hydrogens is 242 g/mol. The lowest BCUT2D eigenvalue weighted by molar-refractivity contribution is -0.118. The molecule has 0 aliphatic carbocycles. The van der Waals surface area contributed by atoms with Crippen molar-refractivity contribution in [3.8, 4) is 5.75 Å². The number of hydrogen-bond acceptors (Lipinski definition) is 3. The zero-order valence-corrected chi connectivity index (χ0v) is 10.2. The Morgan fingerprint density at radius 2 is 1.89 bits per heavy atom. The summed E-state index contributed by atoms with van der Waals surface area (Å²) < 4.78 is 5.31. The van der Waals surface area contributed by atoms with Crippen LogP contribution in [0.1, 0.15) is 10.4 Å². The van der Waals surface area contributed by atoms with Gasteiger partial charge in [-0.3, -0.25) is 9.59 Å². The van der Waals surface area contributed by atoms with Gasteiger partial charge in [0.05, 0.1) is 0 Å². The maximum atomic E-state index is 11.7. The molecule has 96 valence electrons. The van der Waals surface area contributed by atoms with Gasteiger partial charge in [-0.2, -0.15) is 0 Å². The van der Waals surface area contributed by atoms with Gasteiger partial charge < -0.3 is 10.1 Å². The van der Waals surface area contributed by atoms with Crippen molar-refractivity contribution >= 4 is 17.9 Å². The third-order valence-corrected chi connectivity index (χ3v) is 2.42. The van der Waals surface area contributed by atoms with Crippen LogP contribution in [0, 0.1) is 0 Å². The van der Waals surface area contributed by atoms with Crippen LogP contribution in [0.5, 0.6) is 5.75 Å². The second kappa shape index (κ2) is 6.35. The van der Waals surface area contributed by atoms with E-state index in [0.29, 0.717) is 17.0 Å². The third-order valence-electron chi connectivity index (χ3n) is 2.42. The van der Waals surface area contributed by atoms with Crippen molar-refractivity contribution in [1.29, 1.82) is 0 Å². The fourth-order valence-electron chi connectivity index (χ4n) is 1.55. The quantitative estimate of drug-likeness (QED) is 0.835. The first-order chi connectivity index (χ1) is 9.28. The number of para-hydroxylation sites is 1. The second-order valence-corrected chi connectivity index (χ2v) is 3.89. The van der Waals surface area contributed by atoms with Gasteiger partial charge in [0.15, 0.2) is 6.61 Å². The maximum Gasteiger partial charge on any atom is 0.262 e. The van der Waals surface area contributed by atoms with E-state index in [1.807, 2.05) is 18.2 Å². The lowest BCUT2D eigenvalue weighted by atomic mass is 10.2. The SMILES string of the molecule is O=Cc1cccc(NC(=O)COc2ccccc2)c1. The average Bonchev–Trinajstić information content (AvgIpc) is 2.46. The number of nitrogens with one attached hydrogen (secondary N) is 1. The summed E-state index contributed by atoms with van der Waals surface area (Å²) in [6.07, 6.45) is 0.732. The van der Waals surface area contributed by atoms with E-state index in [-0.39, 0.29) is 12.5 Å². The molecule has 0 spiro atoms. The van der Waals surface area contributed by atoms with Gasteiger partial charge in [-0.1, -0.05) is 30.3 Å². The zero-order chi connectivity index (χ0) is 13.5. The van der Waals surface area contributed by atoms with Crippen molar-refractivity contribution in [3.05, 3.63) is 60.2 Å². The molecule has 2 rings (SSSR count). The van der Waals surface area contributed by atoms with Crippen LogP contribution in [0.25, 0.3) is 0 Å². The number of amides is 1. The molecule has 1 N–H and O–H groups in total. The van der Waals surface area contributed by atoms with Crippen molar-refractivity contribution in [1.82, 2.24) is 0 Å². The van der Waals surface area contributed by atoms with Crippen molar-refractivity contribution in [2.45, 2.75) is 0 Å². The van der Waals surface area contributed by atoms with Crippen LogP contribution in [0.4, 0.5) is 5.69 Å². The highest BCUT2D eigenvalue weighted by Crippen LogP contribution is 2.10. The molecule has 2 aromatic rings. The molecule has 2 aromatic carbocycles. The van der Waals surface area contributed by atoms with Crippen molar-refractivity contribution in [3.63, 3.8) is 0 Å². The van der Waals surface area contributed by atoms with Crippen LogP contribution >= 0.6 is 0 Å². The Morgan fingerprint density at radius 3 is 2.63 bits per heavy atom. The van der Waals surface area contributed by atoms with Gasteiger partial charge in [0.1, 0.15) is 12.0 Å². The Morgan fingerprint density at radius 1 is 1.11 bits per heavy atom. The van der Waals surface area contributed by atoms with Crippen LogP contribution in [0.2, 0.25) is 0 Å². The molecule has 0 aromatic heterocycles. The Hall–Kier alpha value is -2.62. The first-order valence-corrected chi connectivity index (χ1v) is 5.81. The summed E-state index contributed by atoms with van der Waals surface area (Å²) in [6.45, 7) is -0.0741. The van der Waals surface area contributed by atoms with Gasteiger partial charge >= 0.3 is 0 Å². The van der Waals surface area contributed by atoms with Crippen LogP contribution < -0.4 is 10.1 Å². The van der Waals surface area contributed by atoms with E-state index in [1.165, 1.54) is 0 Å². The minimum atomic E-state index is -0.271. The topological polar surface area (TPSA) is 55.4 Å². The highest BCUT2D eigenvalue weighted by molar-refractivity contribution is 5.92. The minimum absolute atomic E-state index is 0.0741. The lowest BCUT2D eigenvalue weighted by Crippen LogP contribution is -2.20. The Balaban J connectivity index is 1.89. The fraction of sp³-hybridized carbons (Fsp3) is 0.0667. The van der Waals surface area contributed by atoms with Gasteiger partial charge in [-0.05, 0) is 24.3 Å². The largest absolute Gasteiger partial charge is 0.484 e. The monoisotopic (exact) mass is 255 g/mol. The molecule has 0 radical (unpaired) electrons. The first-order valence-electron chi connectivity index (χ1n) is 5.81. The van der Waals surface area contributed by atoms with Crippen LogP contribution in [-0.2, 0) is 4.79 Å². The average molecular weight is 255 g/mol. The first kappa shape index (κ1) is 12.8. The molecule has 0 fully saturated rings. The normalized spacial score (nSPS) is 9.68. The van der Waals surface area contributed by atoms with Crippen molar-refractivity contribution in [2.75, 3.05) is 11.9 Å². The number of benzene rings is 2. The summed E-state index contributed by atoms with van der Waals surface area (Å²) in [4.78, 5) is 22.3. The molecule has 0 aliphatic heterocycles. The van der Waals surface area contributed by atoms with E-state index >= 15 is 0 Å². The fourth-order valence-corrected chi connectivity index (χ4v) is 1.55. The Bertz CT molecular complexity index is 567. The zero-order valence-electron chi connectivity index (χ0n) is 10.2. The van der Waals surface area contributed by atoms with Crippen molar-refractivity contribution < 1.29 is 14.3 Å². The van der Waals surface area contributed by atoms with Crippen molar-refractivity contribution in [2.24, 2.45) is 0 Å². The number of carbonyl (C=O) groups excluding carboxylic acids is 2. The predicted molar refractivity (Wildman–Crippen MR) is 72.4 cm³/mol. The van der Waals surface area contributed by atoms with E-state index in [0.717, 1.165) is 6.29 Å². The molecule has 4 nitrogen and oxygen atoms in total. The lowest BCUT2D eigenvalue weighted by Gasteiger charge is -2.07. The number of aldehydes is 1. The molecular formula is C15H13NO3. The number of carbonyl (C=O) groups is 2. The second-order valence-electron chi connectivity index (χ2n) is 3.89. The maximum absolute atomic E-state index is 11.7. The van der Waals surface area contributed by atoms with Gasteiger partial charge in [-0.15, -0.1) is 0 Å². The molecule has 1 amide bonds. The van der Waals surface area contributed by atoms with Gasteiger partial charge in [0.2, 0.25) is 0 Å². The van der Waals surface area contributed by atoms with E-state index in [2.05, 4.69) is 5.32 Å².